The lowest BCUT2D eigenvalue weighted by Crippen LogP contribution is -2.19. The van der Waals surface area contributed by atoms with Gasteiger partial charge in [0.25, 0.3) is 11.9 Å². The van der Waals surface area contributed by atoms with E-state index in [4.69, 9.17) is 4.74 Å². The first kappa shape index (κ1) is 18.5. The van der Waals surface area contributed by atoms with Gasteiger partial charge in [-0.25, -0.2) is 4.68 Å². The molecule has 0 radical (unpaired) electrons. The van der Waals surface area contributed by atoms with E-state index in [1.54, 1.807) is 17.9 Å². The molecule has 0 saturated heterocycles. The van der Waals surface area contributed by atoms with Crippen LogP contribution in [0.3, 0.4) is 0 Å². The molecule has 0 saturated carbocycles. The summed E-state index contributed by atoms with van der Waals surface area (Å²) in [6, 6.07) is 17.4. The van der Waals surface area contributed by atoms with Gasteiger partial charge >= 0.3 is 0 Å². The van der Waals surface area contributed by atoms with Crippen LogP contribution in [0.5, 0.6) is 5.75 Å². The molecule has 0 bridgehead atoms. The molecule has 0 fully saturated rings. The number of nitrogens with zero attached hydrogens (tertiary/aromatic N) is 3. The van der Waals surface area contributed by atoms with Crippen molar-refractivity contribution in [3.05, 3.63) is 83.6 Å². The Morgan fingerprint density at radius 2 is 1.93 bits per heavy atom. The molecular formula is C22H21N5O2. The van der Waals surface area contributed by atoms with Gasteiger partial charge in [0.1, 0.15) is 11.8 Å². The Morgan fingerprint density at radius 1 is 1.17 bits per heavy atom. The van der Waals surface area contributed by atoms with Gasteiger partial charge in [0.2, 0.25) is 5.95 Å². The summed E-state index contributed by atoms with van der Waals surface area (Å²) in [7, 11) is 1.62. The van der Waals surface area contributed by atoms with Crippen molar-refractivity contribution in [1.82, 2.24) is 14.8 Å². The minimum atomic E-state index is -0.301. The van der Waals surface area contributed by atoms with Crippen LogP contribution in [0.15, 0.2) is 72.4 Å². The SMILES string of the molecule is COc1ccc(/C=C/C(=O)Nc2nc3n(n2)[C@H](c2ccccc2)C=C(C)N3)cc1. The number of anilines is 2. The topological polar surface area (TPSA) is 81.1 Å². The average Bonchev–Trinajstić information content (AvgIpc) is 3.14. The van der Waals surface area contributed by atoms with E-state index >= 15 is 0 Å². The van der Waals surface area contributed by atoms with Crippen LogP contribution < -0.4 is 15.4 Å². The monoisotopic (exact) mass is 387 g/mol. The van der Waals surface area contributed by atoms with Crippen LogP contribution in [0.2, 0.25) is 0 Å². The second-order valence-electron chi connectivity index (χ2n) is 6.63. The van der Waals surface area contributed by atoms with Gasteiger partial charge in [0.15, 0.2) is 0 Å². The molecular weight excluding hydrogens is 366 g/mol. The Labute approximate surface area is 168 Å². The average molecular weight is 387 g/mol. The molecule has 0 spiro atoms. The fourth-order valence-electron chi connectivity index (χ4n) is 3.11. The van der Waals surface area contributed by atoms with Gasteiger partial charge in [-0.15, -0.1) is 5.10 Å². The third kappa shape index (κ3) is 4.19. The Balaban J connectivity index is 1.49. The molecule has 4 rings (SSSR count). The summed E-state index contributed by atoms with van der Waals surface area (Å²) in [6.45, 7) is 1.98. The second kappa shape index (κ2) is 8.02. The Morgan fingerprint density at radius 3 is 2.66 bits per heavy atom. The van der Waals surface area contributed by atoms with Crippen LogP contribution in [0, 0.1) is 0 Å². The van der Waals surface area contributed by atoms with E-state index in [-0.39, 0.29) is 17.9 Å². The van der Waals surface area contributed by atoms with Crippen molar-refractivity contribution < 1.29 is 9.53 Å². The highest BCUT2D eigenvalue weighted by molar-refractivity contribution is 6.00. The number of allylic oxidation sites excluding steroid dienone is 2. The fraction of sp³-hybridized carbons (Fsp3) is 0.136. The number of rotatable bonds is 5. The standard InChI is InChI=1S/C22H21N5O2/c1-15-14-19(17-6-4-3-5-7-17)27-22(23-15)25-21(26-27)24-20(28)13-10-16-8-11-18(29-2)12-9-16/h3-14,19H,1-2H3,(H2,23,24,25,26,28)/b13-10+/t19-/m0/s1. The van der Waals surface area contributed by atoms with Crippen LogP contribution in [-0.4, -0.2) is 27.8 Å². The molecule has 2 aromatic carbocycles. The zero-order valence-electron chi connectivity index (χ0n) is 16.2. The van der Waals surface area contributed by atoms with Crippen molar-refractivity contribution in [2.75, 3.05) is 17.7 Å². The first-order valence-electron chi connectivity index (χ1n) is 9.22. The maximum Gasteiger partial charge on any atom is 0.250 e. The van der Waals surface area contributed by atoms with Crippen molar-refractivity contribution in [3.63, 3.8) is 0 Å². The molecule has 7 heteroatoms. The summed E-state index contributed by atoms with van der Waals surface area (Å²) < 4.78 is 6.90. The van der Waals surface area contributed by atoms with E-state index < -0.39 is 0 Å². The van der Waals surface area contributed by atoms with Gasteiger partial charge in [-0.3, -0.25) is 10.1 Å². The number of hydrogen-bond donors (Lipinski definition) is 2. The number of methoxy groups -OCH3 is 1. The summed E-state index contributed by atoms with van der Waals surface area (Å²) in [5.41, 5.74) is 2.97. The molecule has 2 N–H and O–H groups in total. The number of amides is 1. The summed E-state index contributed by atoms with van der Waals surface area (Å²) >= 11 is 0. The number of hydrogen-bond acceptors (Lipinski definition) is 5. The Hall–Kier alpha value is -3.87. The quantitative estimate of drug-likeness (QED) is 0.650. The summed E-state index contributed by atoms with van der Waals surface area (Å²) in [6.07, 6.45) is 5.25. The number of aromatic nitrogens is 3. The number of nitrogens with one attached hydrogen (secondary N) is 2. The summed E-state index contributed by atoms with van der Waals surface area (Å²) in [4.78, 5) is 16.7. The van der Waals surface area contributed by atoms with E-state index in [1.807, 2.05) is 61.5 Å². The van der Waals surface area contributed by atoms with E-state index in [2.05, 4.69) is 26.8 Å². The van der Waals surface area contributed by atoms with Crippen molar-refractivity contribution in [2.24, 2.45) is 0 Å². The van der Waals surface area contributed by atoms with E-state index in [0.29, 0.717) is 5.95 Å². The third-order valence-corrected chi connectivity index (χ3v) is 4.53. The van der Waals surface area contributed by atoms with Gasteiger partial charge in [0, 0.05) is 11.8 Å². The predicted molar refractivity (Wildman–Crippen MR) is 113 cm³/mol. The zero-order chi connectivity index (χ0) is 20.2. The lowest BCUT2D eigenvalue weighted by Gasteiger charge is -2.22. The molecule has 0 aliphatic carbocycles. The van der Waals surface area contributed by atoms with Crippen LogP contribution in [0.25, 0.3) is 6.08 Å². The largest absolute Gasteiger partial charge is 0.497 e. The van der Waals surface area contributed by atoms with E-state index in [9.17, 15) is 4.79 Å². The molecule has 1 aliphatic rings. The minimum absolute atomic E-state index is 0.0829. The number of ether oxygens (including phenoxy) is 1. The molecule has 1 aliphatic heterocycles. The van der Waals surface area contributed by atoms with Crippen molar-refractivity contribution in [3.8, 4) is 5.75 Å². The molecule has 2 heterocycles. The molecule has 0 unspecified atom stereocenters. The number of benzene rings is 2. The van der Waals surface area contributed by atoms with Gasteiger partial charge in [0.05, 0.1) is 7.11 Å². The van der Waals surface area contributed by atoms with Crippen LogP contribution in [0.1, 0.15) is 24.1 Å². The van der Waals surface area contributed by atoms with Crippen LogP contribution in [0.4, 0.5) is 11.9 Å². The molecule has 1 aromatic heterocycles. The number of fused-ring (bicyclic) bond motifs is 1. The van der Waals surface area contributed by atoms with E-state index in [1.165, 1.54) is 6.08 Å². The summed E-state index contributed by atoms with van der Waals surface area (Å²) in [5.74, 6) is 1.31. The summed E-state index contributed by atoms with van der Waals surface area (Å²) in [5, 5.41) is 10.4. The molecule has 7 nitrogen and oxygen atoms in total. The smallest absolute Gasteiger partial charge is 0.250 e. The van der Waals surface area contributed by atoms with Crippen LogP contribution >= 0.6 is 0 Å². The molecule has 3 aromatic rings. The molecule has 146 valence electrons. The minimum Gasteiger partial charge on any atom is -0.497 e. The van der Waals surface area contributed by atoms with E-state index in [0.717, 1.165) is 22.6 Å². The molecule has 1 amide bonds. The normalized spacial score (nSPS) is 15.4. The van der Waals surface area contributed by atoms with Crippen molar-refractivity contribution in [1.29, 1.82) is 0 Å². The maximum absolute atomic E-state index is 12.3. The van der Waals surface area contributed by atoms with Crippen LogP contribution in [-0.2, 0) is 4.79 Å². The van der Waals surface area contributed by atoms with Gasteiger partial charge in [-0.2, -0.15) is 4.98 Å². The highest BCUT2D eigenvalue weighted by Crippen LogP contribution is 2.29. The predicted octanol–water partition coefficient (Wildman–Crippen LogP) is 3.86. The highest BCUT2D eigenvalue weighted by atomic mass is 16.5. The van der Waals surface area contributed by atoms with Gasteiger partial charge in [-0.1, -0.05) is 42.5 Å². The second-order valence-corrected chi connectivity index (χ2v) is 6.63. The number of carbonyl (C=O) groups is 1. The fourth-order valence-corrected chi connectivity index (χ4v) is 3.11. The first-order valence-corrected chi connectivity index (χ1v) is 9.22. The first-order chi connectivity index (χ1) is 14.1. The molecule has 29 heavy (non-hydrogen) atoms. The Bertz CT molecular complexity index is 1070. The third-order valence-electron chi connectivity index (χ3n) is 4.53. The van der Waals surface area contributed by atoms with Crippen molar-refractivity contribution in [2.45, 2.75) is 13.0 Å². The molecule has 1 atom stereocenters. The van der Waals surface area contributed by atoms with Gasteiger partial charge in [-0.05, 0) is 42.3 Å². The highest BCUT2D eigenvalue weighted by Gasteiger charge is 2.23. The lowest BCUT2D eigenvalue weighted by atomic mass is 10.1. The Kier molecular flexibility index (Phi) is 5.11. The maximum atomic E-state index is 12.3. The number of carbonyl (C=O) groups excluding carboxylic acids is 1. The van der Waals surface area contributed by atoms with Crippen molar-refractivity contribution >= 4 is 23.9 Å². The van der Waals surface area contributed by atoms with Gasteiger partial charge < -0.3 is 10.1 Å². The zero-order valence-corrected chi connectivity index (χ0v) is 16.2. The lowest BCUT2D eigenvalue weighted by molar-refractivity contribution is -0.111.